The first-order chi connectivity index (χ1) is 14.6. The number of hydrogen-bond acceptors (Lipinski definition) is 7. The molecule has 1 amide bonds. The number of morpholine rings is 1. The summed E-state index contributed by atoms with van der Waals surface area (Å²) in [6.07, 6.45) is -3.26. The highest BCUT2D eigenvalue weighted by molar-refractivity contribution is 5.81. The molecule has 0 aliphatic carbocycles. The number of carboxylic acid groups (broad SMARTS) is 1. The summed E-state index contributed by atoms with van der Waals surface area (Å²) in [5.41, 5.74) is 0.963. The van der Waals surface area contributed by atoms with E-state index in [1.54, 1.807) is 0 Å². The monoisotopic (exact) mass is 449 g/mol. The number of aliphatic carboxylic acids is 1. The molecule has 0 radical (unpaired) electrons. The van der Waals surface area contributed by atoms with E-state index in [0.29, 0.717) is 32.2 Å². The molecule has 0 spiro atoms. The second-order valence-electron chi connectivity index (χ2n) is 7.85. The Bertz CT molecular complexity index is 765. The van der Waals surface area contributed by atoms with E-state index in [1.165, 1.54) is 0 Å². The number of alkyl halides is 3. The highest BCUT2D eigenvalue weighted by Crippen LogP contribution is 2.34. The van der Waals surface area contributed by atoms with Crippen molar-refractivity contribution in [2.24, 2.45) is 5.92 Å². The Morgan fingerprint density at radius 3 is 2.52 bits per heavy atom. The van der Waals surface area contributed by atoms with Crippen molar-refractivity contribution in [3.63, 3.8) is 0 Å². The van der Waals surface area contributed by atoms with Crippen LogP contribution in [0.5, 0.6) is 0 Å². The van der Waals surface area contributed by atoms with Crippen LogP contribution in [-0.2, 0) is 25.6 Å². The van der Waals surface area contributed by atoms with Gasteiger partial charge < -0.3 is 24.0 Å². The molecular weight excluding hydrogens is 423 g/mol. The van der Waals surface area contributed by atoms with Gasteiger partial charge in [-0.15, -0.1) is 0 Å². The summed E-state index contributed by atoms with van der Waals surface area (Å²) < 4.78 is 48.3. The number of fused-ring (bicyclic) bond motifs is 1. The largest absolute Gasteiger partial charge is 0.490 e. The van der Waals surface area contributed by atoms with Crippen LogP contribution < -0.4 is 0 Å². The lowest BCUT2D eigenvalue weighted by atomic mass is 9.91. The van der Waals surface area contributed by atoms with E-state index in [0.717, 1.165) is 43.9 Å². The van der Waals surface area contributed by atoms with Gasteiger partial charge in [0.2, 0.25) is 0 Å². The van der Waals surface area contributed by atoms with Gasteiger partial charge >= 0.3 is 12.1 Å². The van der Waals surface area contributed by atoms with E-state index < -0.39 is 12.1 Å². The van der Waals surface area contributed by atoms with Crippen molar-refractivity contribution >= 4 is 11.9 Å². The van der Waals surface area contributed by atoms with Gasteiger partial charge in [-0.3, -0.25) is 9.69 Å². The van der Waals surface area contributed by atoms with Crippen LogP contribution in [0.3, 0.4) is 0 Å². The maximum Gasteiger partial charge on any atom is 0.490 e. The second-order valence-corrected chi connectivity index (χ2v) is 7.85. The zero-order valence-corrected chi connectivity index (χ0v) is 17.1. The van der Waals surface area contributed by atoms with E-state index >= 15 is 0 Å². The fraction of sp³-hybridized carbons (Fsp3) is 0.737. The number of nitrogens with zero attached hydrogens (tertiary/aromatic N) is 3. The first-order valence-electron chi connectivity index (χ1n) is 10.1. The topological polar surface area (TPSA) is 105 Å². The van der Waals surface area contributed by atoms with Gasteiger partial charge in [0.25, 0.3) is 5.91 Å². The number of ether oxygens (including phenoxy) is 2. The molecule has 3 aliphatic heterocycles. The molecule has 0 unspecified atom stereocenters. The van der Waals surface area contributed by atoms with Crippen LogP contribution >= 0.6 is 0 Å². The van der Waals surface area contributed by atoms with E-state index in [9.17, 15) is 18.0 Å². The standard InChI is InChI=1S/C17H25N3O4.C2HF3O2/c1-12-8-14(18-24-12)10-19-3-2-13-9-15(23-16(13)11-19)17(21)20-4-6-22-7-5-20;3-2(4,5)1(6)7/h8,13,15-16H,2-7,9-11H2,1H3;(H,6,7)/t13-,15+,16-;/m0./s1. The zero-order chi connectivity index (χ0) is 22.6. The summed E-state index contributed by atoms with van der Waals surface area (Å²) in [5.74, 6) is -1.28. The van der Waals surface area contributed by atoms with Crippen molar-refractivity contribution in [1.29, 1.82) is 0 Å². The number of halogens is 3. The molecule has 0 saturated carbocycles. The molecule has 1 N–H and O–H groups in total. The highest BCUT2D eigenvalue weighted by Gasteiger charge is 2.43. The molecule has 3 saturated heterocycles. The number of likely N-dealkylation sites (tertiary alicyclic amines) is 1. The number of carbonyl (C=O) groups excluding carboxylic acids is 1. The Morgan fingerprint density at radius 1 is 1.26 bits per heavy atom. The normalized spacial score (nSPS) is 26.7. The van der Waals surface area contributed by atoms with Crippen LogP contribution in [-0.4, -0.2) is 89.7 Å². The fourth-order valence-corrected chi connectivity index (χ4v) is 4.01. The summed E-state index contributed by atoms with van der Waals surface area (Å²) in [4.78, 5) is 25.8. The van der Waals surface area contributed by atoms with Gasteiger partial charge in [0.1, 0.15) is 11.9 Å². The number of rotatable bonds is 3. The Morgan fingerprint density at radius 2 is 1.94 bits per heavy atom. The first kappa shape index (κ1) is 23.5. The SMILES string of the molecule is Cc1cc(CN2CC[C@H]3C[C@H](C(=O)N4CCOCC4)O[C@H]3C2)no1.O=C(O)C(F)(F)F. The summed E-state index contributed by atoms with van der Waals surface area (Å²) in [7, 11) is 0. The molecule has 12 heteroatoms. The highest BCUT2D eigenvalue weighted by atomic mass is 19.4. The number of aryl methyl sites for hydroxylation is 1. The van der Waals surface area contributed by atoms with Crippen molar-refractivity contribution in [1.82, 2.24) is 15.0 Å². The molecule has 3 atom stereocenters. The van der Waals surface area contributed by atoms with E-state index in [-0.39, 0.29) is 18.1 Å². The predicted octanol–water partition coefficient (Wildman–Crippen LogP) is 1.45. The van der Waals surface area contributed by atoms with Gasteiger partial charge in [-0.2, -0.15) is 13.2 Å². The van der Waals surface area contributed by atoms with Gasteiger partial charge in [0, 0.05) is 32.2 Å². The molecule has 0 bridgehead atoms. The zero-order valence-electron chi connectivity index (χ0n) is 17.1. The molecule has 9 nitrogen and oxygen atoms in total. The van der Waals surface area contributed by atoms with E-state index in [1.807, 2.05) is 17.9 Å². The molecule has 31 heavy (non-hydrogen) atoms. The quantitative estimate of drug-likeness (QED) is 0.740. The average Bonchev–Trinajstić information content (AvgIpc) is 3.33. The molecule has 4 heterocycles. The van der Waals surface area contributed by atoms with Crippen LogP contribution in [0.2, 0.25) is 0 Å². The minimum absolute atomic E-state index is 0.145. The van der Waals surface area contributed by atoms with Crippen molar-refractivity contribution in [3.8, 4) is 0 Å². The number of carboxylic acids is 1. The summed E-state index contributed by atoms with van der Waals surface area (Å²) in [5, 5.41) is 11.2. The number of amides is 1. The number of carbonyl (C=O) groups is 2. The first-order valence-corrected chi connectivity index (χ1v) is 10.1. The Labute approximate surface area is 177 Å². The third kappa shape index (κ3) is 6.40. The van der Waals surface area contributed by atoms with E-state index in [4.69, 9.17) is 23.9 Å². The van der Waals surface area contributed by atoms with Crippen molar-refractivity contribution < 1.29 is 41.9 Å². The summed E-state index contributed by atoms with van der Waals surface area (Å²) in [6.45, 7) is 7.22. The minimum Gasteiger partial charge on any atom is -0.475 e. The molecule has 1 aromatic heterocycles. The predicted molar refractivity (Wildman–Crippen MR) is 99.0 cm³/mol. The molecule has 3 fully saturated rings. The lowest BCUT2D eigenvalue weighted by molar-refractivity contribution is -0.192. The number of hydrogen-bond donors (Lipinski definition) is 1. The van der Waals surface area contributed by atoms with Crippen LogP contribution in [0.15, 0.2) is 10.6 Å². The Hall–Kier alpha value is -2.18. The van der Waals surface area contributed by atoms with E-state index in [2.05, 4.69) is 10.1 Å². The third-order valence-corrected chi connectivity index (χ3v) is 5.54. The van der Waals surface area contributed by atoms with Gasteiger partial charge in [-0.1, -0.05) is 5.16 Å². The third-order valence-electron chi connectivity index (χ3n) is 5.54. The molecule has 174 valence electrons. The lowest BCUT2D eigenvalue weighted by Crippen LogP contribution is -2.46. The van der Waals surface area contributed by atoms with Crippen molar-refractivity contribution in [2.45, 2.75) is 44.7 Å². The average molecular weight is 449 g/mol. The maximum atomic E-state index is 12.6. The smallest absolute Gasteiger partial charge is 0.475 e. The summed E-state index contributed by atoms with van der Waals surface area (Å²) in [6, 6.07) is 1.98. The van der Waals surface area contributed by atoms with Crippen molar-refractivity contribution in [2.75, 3.05) is 39.4 Å². The maximum absolute atomic E-state index is 12.6. The molecule has 0 aromatic carbocycles. The van der Waals surface area contributed by atoms with Gasteiger partial charge in [-0.25, -0.2) is 4.79 Å². The summed E-state index contributed by atoms with van der Waals surface area (Å²) >= 11 is 0. The van der Waals surface area contributed by atoms with Crippen LogP contribution in [0.4, 0.5) is 13.2 Å². The van der Waals surface area contributed by atoms with Gasteiger partial charge in [0.15, 0.2) is 0 Å². The fourth-order valence-electron chi connectivity index (χ4n) is 4.01. The van der Waals surface area contributed by atoms with Gasteiger partial charge in [-0.05, 0) is 32.2 Å². The van der Waals surface area contributed by atoms with Crippen molar-refractivity contribution in [3.05, 3.63) is 17.5 Å². The van der Waals surface area contributed by atoms with Crippen LogP contribution in [0.1, 0.15) is 24.3 Å². The van der Waals surface area contributed by atoms with Crippen LogP contribution in [0, 0.1) is 12.8 Å². The number of piperidine rings is 1. The number of aromatic nitrogens is 1. The molecular formula is C19H26F3N3O6. The molecule has 1 aromatic rings. The van der Waals surface area contributed by atoms with Gasteiger partial charge in [0.05, 0.1) is 25.0 Å². The Balaban J connectivity index is 0.000000339. The Kier molecular flexibility index (Phi) is 7.55. The second kappa shape index (κ2) is 9.96. The lowest BCUT2D eigenvalue weighted by Gasteiger charge is -2.33. The molecule has 3 aliphatic rings. The molecule has 4 rings (SSSR count). The minimum atomic E-state index is -5.08. The van der Waals surface area contributed by atoms with Crippen LogP contribution in [0.25, 0.3) is 0 Å².